The maximum absolute atomic E-state index is 15.1. The largest absolute Gasteiger partial charge is 0.377 e. The van der Waals surface area contributed by atoms with Crippen LogP contribution in [0.1, 0.15) is 180 Å². The van der Waals surface area contributed by atoms with E-state index in [1.807, 2.05) is 85.7 Å². The van der Waals surface area contributed by atoms with Crippen molar-refractivity contribution in [3.63, 3.8) is 0 Å². The van der Waals surface area contributed by atoms with E-state index >= 15 is 8.42 Å². The van der Waals surface area contributed by atoms with Crippen molar-refractivity contribution >= 4 is 80.2 Å². The molecule has 1 aliphatic heterocycles. The molecule has 9 amide bonds. The lowest BCUT2D eigenvalue weighted by Crippen LogP contribution is -2.65. The van der Waals surface area contributed by atoms with Crippen LogP contribution in [-0.4, -0.2) is 177 Å². The molecule has 2 aromatic carbocycles. The first-order chi connectivity index (χ1) is 41.4. The van der Waals surface area contributed by atoms with Gasteiger partial charge in [-0.25, -0.2) is 8.42 Å². The molecule has 1 saturated heterocycles. The van der Waals surface area contributed by atoms with E-state index in [-0.39, 0.29) is 86.2 Å². The van der Waals surface area contributed by atoms with Crippen LogP contribution in [0.2, 0.25) is 0 Å². The van der Waals surface area contributed by atoms with Gasteiger partial charge in [-0.3, -0.25) is 43.2 Å². The van der Waals surface area contributed by atoms with Gasteiger partial charge in [0, 0.05) is 51.6 Å². The molecule has 0 bridgehead atoms. The quantitative estimate of drug-likeness (QED) is 0.0307. The monoisotopic (exact) mass is 1270 g/mol. The third-order valence-electron chi connectivity index (χ3n) is 15.7. The molecule has 0 aliphatic carbocycles. The summed E-state index contributed by atoms with van der Waals surface area (Å²) in [5.41, 5.74) is -4.28. The van der Waals surface area contributed by atoms with E-state index in [0.29, 0.717) is 36.9 Å². The molecule has 0 unspecified atom stereocenters. The Morgan fingerprint density at radius 1 is 0.629 bits per heavy atom. The standard InChI is InChI=1S/C65H110N12O11S/c1-19-20-21-22-23-24-30-52(76(41-78)54-31-27-36-77(54)89(87,88)55-47-29-26-25-28-46(47)32-33-51(55)75(17)18)59(83)69-50(39-44(6)7)58(82)71-64(11,12)61(85)70-48(37-42(2)3)56(80)68-49(38-43(4)5)57(81)72-65(13,14)62(86)73-63(9,10)60(84)66-35-34-53(79)67-45(8)40-74(15)16/h25-26,28-29,32-33,41-45,48-50,52,54H,19-24,27,30-31,34-40H2,1-18H3,(H,66,84)(H,67,79)(H,68,80)(H,69,83)(H,70,85)(H,71,82)(H,72,81)(H,73,86)/t45-,48-,49-,50-,52-,54-/m0/s1. The Bertz CT molecular complexity index is 2840. The van der Waals surface area contributed by atoms with Gasteiger partial charge < -0.3 is 57.2 Å². The fourth-order valence-electron chi connectivity index (χ4n) is 11.0. The lowest BCUT2D eigenvalue weighted by Gasteiger charge is -2.38. The van der Waals surface area contributed by atoms with Crippen molar-refractivity contribution in [2.45, 2.75) is 238 Å². The van der Waals surface area contributed by atoms with E-state index in [2.05, 4.69) is 49.5 Å². The number of hydrogen-bond acceptors (Lipinski definition) is 13. The number of sulfonamides is 1. The highest BCUT2D eigenvalue weighted by Gasteiger charge is 2.45. The van der Waals surface area contributed by atoms with Crippen molar-refractivity contribution in [3.05, 3.63) is 36.4 Å². The third-order valence-corrected chi connectivity index (χ3v) is 17.7. The number of rotatable bonds is 38. The van der Waals surface area contributed by atoms with Crippen LogP contribution in [0.15, 0.2) is 41.3 Å². The van der Waals surface area contributed by atoms with E-state index in [1.165, 1.54) is 50.7 Å². The number of unbranched alkanes of at least 4 members (excludes halogenated alkanes) is 5. The van der Waals surface area contributed by atoms with Gasteiger partial charge in [-0.05, 0) is 130 Å². The molecule has 1 fully saturated rings. The third kappa shape index (κ3) is 23.4. The number of carbonyl (C=O) groups excluding carboxylic acids is 9. The summed E-state index contributed by atoms with van der Waals surface area (Å²) < 4.78 is 31.5. The number of carbonyl (C=O) groups is 9. The molecule has 1 heterocycles. The van der Waals surface area contributed by atoms with Crippen molar-refractivity contribution in [1.29, 1.82) is 0 Å². The van der Waals surface area contributed by atoms with E-state index in [0.717, 1.165) is 37.5 Å². The highest BCUT2D eigenvalue weighted by Crippen LogP contribution is 2.38. The predicted molar refractivity (Wildman–Crippen MR) is 349 cm³/mol. The molecule has 2 aromatic rings. The Labute approximate surface area is 531 Å². The molecular formula is C65H110N12O11S. The molecular weight excluding hydrogens is 1160 g/mol. The van der Waals surface area contributed by atoms with Crippen molar-refractivity contribution < 1.29 is 51.6 Å². The van der Waals surface area contributed by atoms with Gasteiger partial charge in [0.1, 0.15) is 45.7 Å². The lowest BCUT2D eigenvalue weighted by atomic mass is 9.96. The Morgan fingerprint density at radius 3 is 1.69 bits per heavy atom. The molecule has 0 spiro atoms. The normalized spacial score (nSPS) is 15.8. The summed E-state index contributed by atoms with van der Waals surface area (Å²) in [4.78, 5) is 131. The van der Waals surface area contributed by atoms with Crippen molar-refractivity contribution in [1.82, 2.24) is 56.6 Å². The number of benzene rings is 2. The lowest BCUT2D eigenvalue weighted by molar-refractivity contribution is -0.140. The summed E-state index contributed by atoms with van der Waals surface area (Å²) in [6, 6.07) is 5.95. The van der Waals surface area contributed by atoms with Gasteiger partial charge in [0.25, 0.3) is 0 Å². The maximum atomic E-state index is 15.1. The first-order valence-corrected chi connectivity index (χ1v) is 33.4. The number of fused-ring (bicyclic) bond motifs is 1. The minimum atomic E-state index is -4.30. The number of nitrogens with one attached hydrogen (secondary N) is 8. The smallest absolute Gasteiger partial charge is 0.247 e. The van der Waals surface area contributed by atoms with Crippen LogP contribution >= 0.6 is 0 Å². The van der Waals surface area contributed by atoms with Gasteiger partial charge in [-0.15, -0.1) is 0 Å². The van der Waals surface area contributed by atoms with Crippen LogP contribution in [0.25, 0.3) is 10.8 Å². The molecule has 6 atom stereocenters. The Morgan fingerprint density at radius 2 is 1.15 bits per heavy atom. The molecule has 8 N–H and O–H groups in total. The number of nitrogens with zero attached hydrogens (tertiary/aromatic N) is 4. The maximum Gasteiger partial charge on any atom is 0.247 e. The summed E-state index contributed by atoms with van der Waals surface area (Å²) in [6.45, 7) is 24.7. The van der Waals surface area contributed by atoms with Crippen LogP contribution in [-0.2, 0) is 53.2 Å². The Kier molecular flexibility index (Phi) is 30.0. The van der Waals surface area contributed by atoms with Gasteiger partial charge >= 0.3 is 0 Å². The van der Waals surface area contributed by atoms with Crippen molar-refractivity contribution in [2.75, 3.05) is 52.7 Å². The number of hydrogen-bond donors (Lipinski definition) is 8. The molecule has 3 rings (SSSR count). The SMILES string of the molecule is CCCCCCCC[C@@H](C(=O)N[C@@H](CC(C)C)C(=O)NC(C)(C)C(=O)N[C@@H](CC(C)C)C(=O)N[C@@H](CC(C)C)C(=O)NC(C)(C)C(=O)NC(C)(C)C(=O)NCCC(=O)N[C@@H](C)CN(C)C)N(C=O)[C@@H]1CCCN1S(=O)(=O)c1c(N(C)C)ccc2ccccc12. The van der Waals surface area contributed by atoms with Crippen LogP contribution in [0.4, 0.5) is 5.69 Å². The van der Waals surface area contributed by atoms with E-state index in [4.69, 9.17) is 0 Å². The molecule has 24 heteroatoms. The van der Waals surface area contributed by atoms with Crippen molar-refractivity contribution in [2.24, 2.45) is 17.8 Å². The predicted octanol–water partition coefficient (Wildman–Crippen LogP) is 5.44. The zero-order chi connectivity index (χ0) is 67.4. The van der Waals surface area contributed by atoms with E-state index in [9.17, 15) is 43.2 Å². The van der Waals surface area contributed by atoms with Gasteiger partial charge in [-0.2, -0.15) is 4.31 Å². The molecule has 23 nitrogen and oxygen atoms in total. The number of anilines is 1. The van der Waals surface area contributed by atoms with Crippen LogP contribution < -0.4 is 47.4 Å². The van der Waals surface area contributed by atoms with Gasteiger partial charge in [0.05, 0.1) is 11.9 Å². The molecule has 0 radical (unpaired) electrons. The second-order valence-corrected chi connectivity index (χ2v) is 29.3. The Balaban J connectivity index is 1.85. The van der Waals surface area contributed by atoms with Gasteiger partial charge in [0.15, 0.2) is 0 Å². The van der Waals surface area contributed by atoms with Gasteiger partial charge in [0.2, 0.25) is 63.7 Å². The molecule has 0 aromatic heterocycles. The fraction of sp³-hybridized carbons (Fsp3) is 0.708. The minimum Gasteiger partial charge on any atom is -0.377 e. The second kappa shape index (κ2) is 34.7. The second-order valence-electron chi connectivity index (χ2n) is 27.5. The topological polar surface area (TPSA) is 297 Å². The minimum absolute atomic E-state index is 0.0202. The number of likely N-dealkylation sites (N-methyl/N-ethyl adjacent to an activating group) is 1. The average Bonchev–Trinajstić information content (AvgIpc) is 1.80. The summed E-state index contributed by atoms with van der Waals surface area (Å²) in [7, 11) is 3.02. The summed E-state index contributed by atoms with van der Waals surface area (Å²) in [5, 5.41) is 23.5. The van der Waals surface area contributed by atoms with Gasteiger partial charge in [-0.1, -0.05) is 117 Å². The van der Waals surface area contributed by atoms with Crippen LogP contribution in [0.5, 0.6) is 0 Å². The molecule has 0 saturated carbocycles. The zero-order valence-corrected chi connectivity index (χ0v) is 57.6. The first-order valence-electron chi connectivity index (χ1n) is 31.9. The Hall–Kier alpha value is -6.40. The highest BCUT2D eigenvalue weighted by molar-refractivity contribution is 7.89. The molecule has 1 aliphatic rings. The number of amides is 9. The summed E-state index contributed by atoms with van der Waals surface area (Å²) in [6.07, 6.45) is 6.07. The average molecular weight is 1270 g/mol. The van der Waals surface area contributed by atoms with E-state index in [1.54, 1.807) is 37.2 Å². The summed E-state index contributed by atoms with van der Waals surface area (Å²) in [5.74, 6) is -5.42. The summed E-state index contributed by atoms with van der Waals surface area (Å²) >= 11 is 0. The molecule has 89 heavy (non-hydrogen) atoms. The van der Waals surface area contributed by atoms with Crippen molar-refractivity contribution in [3.8, 4) is 0 Å². The van der Waals surface area contributed by atoms with Crippen LogP contribution in [0, 0.1) is 17.8 Å². The highest BCUT2D eigenvalue weighted by atomic mass is 32.2. The fourth-order valence-corrected chi connectivity index (χ4v) is 13.1. The van der Waals surface area contributed by atoms with Crippen LogP contribution in [0.3, 0.4) is 0 Å². The molecule has 502 valence electrons. The van der Waals surface area contributed by atoms with E-state index < -0.39 is 98.3 Å². The first kappa shape index (κ1) is 76.8. The zero-order valence-electron chi connectivity index (χ0n) is 56.7.